The Labute approximate surface area is 92.5 Å². The maximum atomic E-state index is 11.1. The van der Waals surface area contributed by atoms with Crippen LogP contribution in [0.15, 0.2) is 29.8 Å². The van der Waals surface area contributed by atoms with Crippen LogP contribution in [0.4, 0.5) is 0 Å². The standard InChI is InChI=1S/C11H8ClNO2/c1-15-11(14)9(7-13)6-8-4-2-3-5-10(8)12/h2-6H,1H3. The highest BCUT2D eigenvalue weighted by Crippen LogP contribution is 2.18. The van der Waals surface area contributed by atoms with E-state index in [0.717, 1.165) is 0 Å². The van der Waals surface area contributed by atoms with E-state index in [2.05, 4.69) is 4.74 Å². The highest BCUT2D eigenvalue weighted by molar-refractivity contribution is 6.32. The SMILES string of the molecule is COC(=O)C(C#N)=Cc1ccccc1Cl. The number of carbonyl (C=O) groups is 1. The number of carbonyl (C=O) groups excluding carboxylic acids is 1. The van der Waals surface area contributed by atoms with Gasteiger partial charge < -0.3 is 4.74 Å². The fourth-order valence-electron chi connectivity index (χ4n) is 0.994. The smallest absolute Gasteiger partial charge is 0.348 e. The monoisotopic (exact) mass is 221 g/mol. The molecule has 76 valence electrons. The normalized spacial score (nSPS) is 10.6. The van der Waals surface area contributed by atoms with Gasteiger partial charge in [-0.2, -0.15) is 5.26 Å². The first-order valence-electron chi connectivity index (χ1n) is 4.13. The molecule has 0 aliphatic carbocycles. The molecule has 1 aromatic rings. The Hall–Kier alpha value is -1.79. The van der Waals surface area contributed by atoms with Crippen molar-refractivity contribution in [2.75, 3.05) is 7.11 Å². The first-order chi connectivity index (χ1) is 7.19. The fourth-order valence-corrected chi connectivity index (χ4v) is 1.18. The van der Waals surface area contributed by atoms with Gasteiger partial charge in [0.2, 0.25) is 0 Å². The van der Waals surface area contributed by atoms with Crippen LogP contribution < -0.4 is 0 Å². The molecule has 0 radical (unpaired) electrons. The van der Waals surface area contributed by atoms with E-state index in [9.17, 15) is 4.79 Å². The summed E-state index contributed by atoms with van der Waals surface area (Å²) in [7, 11) is 1.22. The largest absolute Gasteiger partial charge is 0.465 e. The van der Waals surface area contributed by atoms with Crippen molar-refractivity contribution in [3.8, 4) is 6.07 Å². The van der Waals surface area contributed by atoms with Gasteiger partial charge in [-0.15, -0.1) is 0 Å². The molecular formula is C11H8ClNO2. The van der Waals surface area contributed by atoms with E-state index in [1.54, 1.807) is 30.3 Å². The zero-order valence-corrected chi connectivity index (χ0v) is 8.78. The molecule has 0 heterocycles. The van der Waals surface area contributed by atoms with Gasteiger partial charge in [0.05, 0.1) is 7.11 Å². The minimum Gasteiger partial charge on any atom is -0.465 e. The topological polar surface area (TPSA) is 50.1 Å². The maximum absolute atomic E-state index is 11.1. The van der Waals surface area contributed by atoms with Crippen LogP contribution in [0.25, 0.3) is 6.08 Å². The summed E-state index contributed by atoms with van der Waals surface area (Å²) < 4.78 is 4.44. The minimum atomic E-state index is -0.669. The van der Waals surface area contributed by atoms with E-state index in [1.807, 2.05) is 0 Å². The number of esters is 1. The van der Waals surface area contributed by atoms with Gasteiger partial charge in [-0.05, 0) is 17.7 Å². The van der Waals surface area contributed by atoms with Crippen molar-refractivity contribution >= 4 is 23.6 Å². The lowest BCUT2D eigenvalue weighted by Crippen LogP contribution is -2.02. The highest BCUT2D eigenvalue weighted by Gasteiger charge is 2.09. The average molecular weight is 222 g/mol. The predicted octanol–water partition coefficient (Wildman–Crippen LogP) is 2.42. The lowest BCUT2D eigenvalue weighted by molar-refractivity contribution is -0.135. The third kappa shape index (κ3) is 2.83. The van der Waals surface area contributed by atoms with Crippen LogP contribution >= 0.6 is 11.6 Å². The molecule has 0 bridgehead atoms. The molecular weight excluding hydrogens is 214 g/mol. The van der Waals surface area contributed by atoms with Crippen LogP contribution in [-0.2, 0) is 9.53 Å². The fraction of sp³-hybridized carbons (Fsp3) is 0.0909. The van der Waals surface area contributed by atoms with E-state index in [0.29, 0.717) is 10.6 Å². The second-order valence-corrected chi connectivity index (χ2v) is 3.09. The average Bonchev–Trinajstić information content (AvgIpc) is 2.27. The molecule has 0 saturated heterocycles. The summed E-state index contributed by atoms with van der Waals surface area (Å²) >= 11 is 5.87. The predicted molar refractivity (Wildman–Crippen MR) is 57.1 cm³/mol. The second kappa shape index (κ2) is 5.18. The molecule has 1 rings (SSSR count). The first kappa shape index (κ1) is 11.3. The molecule has 1 aromatic carbocycles. The van der Waals surface area contributed by atoms with Crippen molar-refractivity contribution in [1.29, 1.82) is 5.26 Å². The van der Waals surface area contributed by atoms with E-state index >= 15 is 0 Å². The summed E-state index contributed by atoms with van der Waals surface area (Å²) in [6.07, 6.45) is 1.40. The molecule has 0 spiro atoms. The third-order valence-corrected chi connectivity index (χ3v) is 2.08. The second-order valence-electron chi connectivity index (χ2n) is 2.68. The quantitative estimate of drug-likeness (QED) is 0.438. The van der Waals surface area contributed by atoms with Crippen molar-refractivity contribution < 1.29 is 9.53 Å². The Bertz CT molecular complexity index is 446. The number of ether oxygens (including phenoxy) is 1. The summed E-state index contributed by atoms with van der Waals surface area (Å²) in [5.74, 6) is -0.669. The van der Waals surface area contributed by atoms with Crippen molar-refractivity contribution in [2.45, 2.75) is 0 Å². The molecule has 0 aromatic heterocycles. The van der Waals surface area contributed by atoms with Crippen LogP contribution in [0.2, 0.25) is 5.02 Å². The number of halogens is 1. The number of benzene rings is 1. The van der Waals surface area contributed by atoms with Gasteiger partial charge >= 0.3 is 5.97 Å². The number of nitriles is 1. The van der Waals surface area contributed by atoms with E-state index in [1.165, 1.54) is 13.2 Å². The van der Waals surface area contributed by atoms with Crippen molar-refractivity contribution in [3.63, 3.8) is 0 Å². The lowest BCUT2D eigenvalue weighted by Gasteiger charge is -1.98. The van der Waals surface area contributed by atoms with Gasteiger partial charge in [-0.1, -0.05) is 29.8 Å². The summed E-state index contributed by atoms with van der Waals surface area (Å²) in [5, 5.41) is 9.20. The van der Waals surface area contributed by atoms with Crippen LogP contribution in [0.3, 0.4) is 0 Å². The molecule has 0 atom stereocenters. The highest BCUT2D eigenvalue weighted by atomic mass is 35.5. The Morgan fingerprint density at radius 3 is 2.73 bits per heavy atom. The maximum Gasteiger partial charge on any atom is 0.348 e. The zero-order chi connectivity index (χ0) is 11.3. The summed E-state index contributed by atoms with van der Waals surface area (Å²) in [6, 6.07) is 8.68. The van der Waals surface area contributed by atoms with Crippen LogP contribution in [0, 0.1) is 11.3 Å². The van der Waals surface area contributed by atoms with Gasteiger partial charge in [0.15, 0.2) is 0 Å². The van der Waals surface area contributed by atoms with E-state index in [-0.39, 0.29) is 5.57 Å². The molecule has 0 N–H and O–H groups in total. The van der Waals surface area contributed by atoms with Crippen LogP contribution in [-0.4, -0.2) is 13.1 Å². The van der Waals surface area contributed by atoms with Crippen LogP contribution in [0.1, 0.15) is 5.56 Å². The van der Waals surface area contributed by atoms with Gasteiger partial charge in [0.25, 0.3) is 0 Å². The number of methoxy groups -OCH3 is 1. The van der Waals surface area contributed by atoms with Crippen LogP contribution in [0.5, 0.6) is 0 Å². The zero-order valence-electron chi connectivity index (χ0n) is 8.03. The number of hydrogen-bond acceptors (Lipinski definition) is 3. The van der Waals surface area contributed by atoms with Crippen molar-refractivity contribution in [2.24, 2.45) is 0 Å². The Morgan fingerprint density at radius 1 is 1.53 bits per heavy atom. The Kier molecular flexibility index (Phi) is 3.90. The Balaban J connectivity index is 3.11. The summed E-state index contributed by atoms with van der Waals surface area (Å²) in [4.78, 5) is 11.1. The van der Waals surface area contributed by atoms with E-state index < -0.39 is 5.97 Å². The lowest BCUT2D eigenvalue weighted by atomic mass is 10.1. The van der Waals surface area contributed by atoms with E-state index in [4.69, 9.17) is 16.9 Å². The van der Waals surface area contributed by atoms with Gasteiger partial charge in [-0.25, -0.2) is 4.79 Å². The molecule has 0 unspecified atom stereocenters. The van der Waals surface area contributed by atoms with Gasteiger partial charge in [0.1, 0.15) is 11.6 Å². The minimum absolute atomic E-state index is 0.0781. The first-order valence-corrected chi connectivity index (χ1v) is 4.51. The molecule has 4 heteroatoms. The number of rotatable bonds is 2. The molecule has 0 saturated carbocycles. The number of nitrogens with zero attached hydrogens (tertiary/aromatic N) is 1. The summed E-state index contributed by atoms with van der Waals surface area (Å²) in [5.41, 5.74) is 0.534. The Morgan fingerprint density at radius 2 is 2.20 bits per heavy atom. The van der Waals surface area contributed by atoms with Crippen molar-refractivity contribution in [3.05, 3.63) is 40.4 Å². The van der Waals surface area contributed by atoms with Gasteiger partial charge in [0, 0.05) is 5.02 Å². The molecule has 15 heavy (non-hydrogen) atoms. The van der Waals surface area contributed by atoms with Crippen molar-refractivity contribution in [1.82, 2.24) is 0 Å². The number of hydrogen-bond donors (Lipinski definition) is 0. The molecule has 0 aliphatic heterocycles. The summed E-state index contributed by atoms with van der Waals surface area (Å²) in [6.45, 7) is 0. The van der Waals surface area contributed by atoms with Gasteiger partial charge in [-0.3, -0.25) is 0 Å². The molecule has 3 nitrogen and oxygen atoms in total. The third-order valence-electron chi connectivity index (χ3n) is 1.73. The molecule has 0 amide bonds. The molecule has 0 aliphatic rings. The molecule has 0 fully saturated rings.